The Morgan fingerprint density at radius 2 is 1.58 bits per heavy atom. The van der Waals surface area contributed by atoms with Gasteiger partial charge in [0.1, 0.15) is 23.9 Å². The van der Waals surface area contributed by atoms with E-state index < -0.39 is 0 Å². The molecular formula is C31H22ClN3O. The summed E-state index contributed by atoms with van der Waals surface area (Å²) in [5, 5.41) is 6.34. The van der Waals surface area contributed by atoms with Gasteiger partial charge in [-0.25, -0.2) is 9.98 Å². The first-order chi connectivity index (χ1) is 17.8. The largest absolute Gasteiger partial charge is 0.485 e. The summed E-state index contributed by atoms with van der Waals surface area (Å²) in [5.41, 5.74) is 4.24. The van der Waals surface area contributed by atoms with Gasteiger partial charge < -0.3 is 10.1 Å². The van der Waals surface area contributed by atoms with Crippen LogP contribution in [-0.4, -0.2) is 17.8 Å². The van der Waals surface area contributed by atoms with Crippen molar-refractivity contribution >= 4 is 34.0 Å². The number of halogens is 1. The highest BCUT2D eigenvalue weighted by molar-refractivity contribution is 6.36. The molecule has 36 heavy (non-hydrogen) atoms. The maximum Gasteiger partial charge on any atom is 0.160 e. The van der Waals surface area contributed by atoms with E-state index in [9.17, 15) is 0 Å². The van der Waals surface area contributed by atoms with Crippen LogP contribution in [0.15, 0.2) is 119 Å². The predicted molar refractivity (Wildman–Crippen MR) is 146 cm³/mol. The Labute approximate surface area is 214 Å². The minimum absolute atomic E-state index is 0.0145. The van der Waals surface area contributed by atoms with E-state index in [1.807, 2.05) is 66.7 Å². The average Bonchev–Trinajstić information content (AvgIpc) is 3.33. The van der Waals surface area contributed by atoms with Crippen molar-refractivity contribution < 1.29 is 4.74 Å². The maximum atomic E-state index is 6.53. The topological polar surface area (TPSA) is 46.0 Å². The summed E-state index contributed by atoms with van der Waals surface area (Å²) in [6, 6.07) is 28.5. The fourth-order valence-corrected chi connectivity index (χ4v) is 5.52. The highest BCUT2D eigenvalue weighted by Crippen LogP contribution is 2.45. The van der Waals surface area contributed by atoms with Crippen LogP contribution in [0.5, 0.6) is 5.75 Å². The number of ether oxygens (including phenoxy) is 1. The third-order valence-electron chi connectivity index (χ3n) is 6.98. The number of nitrogens with zero attached hydrogens (tertiary/aromatic N) is 2. The quantitative estimate of drug-likeness (QED) is 0.339. The van der Waals surface area contributed by atoms with Crippen LogP contribution in [-0.2, 0) is 0 Å². The zero-order chi connectivity index (χ0) is 24.1. The van der Waals surface area contributed by atoms with E-state index in [1.165, 1.54) is 5.56 Å². The first kappa shape index (κ1) is 21.2. The molecule has 1 aliphatic carbocycles. The molecule has 4 aromatic carbocycles. The normalized spacial score (nSPS) is 21.8. The number of allylic oxidation sites excluding steroid dienone is 2. The van der Waals surface area contributed by atoms with Gasteiger partial charge in [-0.05, 0) is 29.7 Å². The molecule has 2 heterocycles. The Morgan fingerprint density at radius 3 is 2.47 bits per heavy atom. The fraction of sp³-hybridized carbons (Fsp3) is 0.0968. The standard InChI is InChI=1S/C31H22ClN3O/c32-25-18-17-22(20-11-4-5-12-21(20)25)30-33-29(19-9-2-1-3-10-19)34-31(35-30)24-14-8-16-27-28(24)23-13-6-7-15-26(23)36-27/h1-18,23,26,31H,(H,33,34,35). The molecule has 5 heteroatoms. The minimum Gasteiger partial charge on any atom is -0.485 e. The molecule has 0 saturated carbocycles. The molecule has 0 fully saturated rings. The van der Waals surface area contributed by atoms with Gasteiger partial charge in [0, 0.05) is 38.6 Å². The first-order valence-corrected chi connectivity index (χ1v) is 12.4. The Balaban J connectivity index is 1.41. The van der Waals surface area contributed by atoms with E-state index in [-0.39, 0.29) is 18.2 Å². The molecule has 1 N–H and O–H groups in total. The van der Waals surface area contributed by atoms with E-state index in [4.69, 9.17) is 26.3 Å². The first-order valence-electron chi connectivity index (χ1n) is 12.1. The Hall–Kier alpha value is -4.15. The molecule has 3 atom stereocenters. The molecule has 3 unspecified atom stereocenters. The van der Waals surface area contributed by atoms with Crippen LogP contribution in [0.25, 0.3) is 10.8 Å². The Kier molecular flexibility index (Phi) is 5.00. The zero-order valence-electron chi connectivity index (χ0n) is 19.3. The van der Waals surface area contributed by atoms with Crippen molar-refractivity contribution in [2.75, 3.05) is 0 Å². The van der Waals surface area contributed by atoms with Gasteiger partial charge in [0.15, 0.2) is 5.84 Å². The van der Waals surface area contributed by atoms with Crippen molar-refractivity contribution in [2.45, 2.75) is 18.2 Å². The van der Waals surface area contributed by atoms with Gasteiger partial charge in [-0.1, -0.05) is 96.6 Å². The average molecular weight is 488 g/mol. The molecule has 0 saturated heterocycles. The van der Waals surface area contributed by atoms with Crippen LogP contribution in [0, 0.1) is 0 Å². The number of amidine groups is 2. The number of rotatable bonds is 3. The van der Waals surface area contributed by atoms with Crippen LogP contribution >= 0.6 is 11.6 Å². The van der Waals surface area contributed by atoms with Crippen LogP contribution in [0.3, 0.4) is 0 Å². The van der Waals surface area contributed by atoms with Gasteiger partial charge in [0.2, 0.25) is 0 Å². The molecule has 0 bridgehead atoms. The summed E-state index contributed by atoms with van der Waals surface area (Å²) >= 11 is 6.53. The molecular weight excluding hydrogens is 466 g/mol. The van der Waals surface area contributed by atoms with Gasteiger partial charge in [-0.15, -0.1) is 0 Å². The minimum atomic E-state index is -0.321. The molecule has 0 amide bonds. The molecule has 4 aromatic rings. The number of nitrogens with one attached hydrogen (secondary N) is 1. The van der Waals surface area contributed by atoms with Crippen LogP contribution < -0.4 is 10.1 Å². The lowest BCUT2D eigenvalue weighted by Gasteiger charge is -2.26. The third-order valence-corrected chi connectivity index (χ3v) is 7.31. The van der Waals surface area contributed by atoms with Gasteiger partial charge >= 0.3 is 0 Å². The monoisotopic (exact) mass is 487 g/mol. The van der Waals surface area contributed by atoms with E-state index in [1.54, 1.807) is 0 Å². The summed E-state index contributed by atoms with van der Waals surface area (Å²) < 4.78 is 6.28. The summed E-state index contributed by atoms with van der Waals surface area (Å²) in [7, 11) is 0. The number of benzene rings is 4. The summed E-state index contributed by atoms with van der Waals surface area (Å²) in [4.78, 5) is 10.2. The number of fused-ring (bicyclic) bond motifs is 4. The lowest BCUT2D eigenvalue weighted by Crippen LogP contribution is -2.34. The summed E-state index contributed by atoms with van der Waals surface area (Å²) in [6.07, 6.45) is 8.17. The third kappa shape index (κ3) is 3.45. The zero-order valence-corrected chi connectivity index (χ0v) is 20.1. The summed E-state index contributed by atoms with van der Waals surface area (Å²) in [5.74, 6) is 2.55. The second-order valence-electron chi connectivity index (χ2n) is 9.10. The number of hydrogen-bond donors (Lipinski definition) is 1. The van der Waals surface area contributed by atoms with E-state index in [0.717, 1.165) is 39.0 Å². The second-order valence-corrected chi connectivity index (χ2v) is 9.51. The summed E-state index contributed by atoms with van der Waals surface area (Å²) in [6.45, 7) is 0. The van der Waals surface area contributed by atoms with Crippen molar-refractivity contribution in [1.82, 2.24) is 5.32 Å². The van der Waals surface area contributed by atoms with Crippen LogP contribution in [0.1, 0.15) is 34.3 Å². The Morgan fingerprint density at radius 1 is 0.778 bits per heavy atom. The lowest BCUT2D eigenvalue weighted by atomic mass is 9.88. The maximum absolute atomic E-state index is 6.53. The van der Waals surface area contributed by atoms with Gasteiger partial charge in [0.25, 0.3) is 0 Å². The number of hydrogen-bond acceptors (Lipinski definition) is 4. The van der Waals surface area contributed by atoms with Gasteiger partial charge in [-0.2, -0.15) is 0 Å². The molecule has 7 rings (SSSR count). The van der Waals surface area contributed by atoms with Gasteiger partial charge in [-0.3, -0.25) is 0 Å². The second kappa shape index (κ2) is 8.51. The van der Waals surface area contributed by atoms with Gasteiger partial charge in [0.05, 0.1) is 0 Å². The molecule has 0 spiro atoms. The van der Waals surface area contributed by atoms with E-state index >= 15 is 0 Å². The van der Waals surface area contributed by atoms with E-state index in [0.29, 0.717) is 10.9 Å². The van der Waals surface area contributed by atoms with Crippen molar-refractivity contribution in [1.29, 1.82) is 0 Å². The fourth-order valence-electron chi connectivity index (χ4n) is 5.29. The molecule has 3 aliphatic rings. The van der Waals surface area contributed by atoms with Crippen molar-refractivity contribution in [3.63, 3.8) is 0 Å². The molecule has 2 aliphatic heterocycles. The lowest BCUT2D eigenvalue weighted by molar-refractivity contribution is 0.269. The Bertz CT molecular complexity index is 1620. The van der Waals surface area contributed by atoms with Crippen LogP contribution in [0.4, 0.5) is 0 Å². The van der Waals surface area contributed by atoms with Crippen LogP contribution in [0.2, 0.25) is 5.02 Å². The SMILES string of the molecule is Clc1ccc(C2=NC(c3cccc4c3C3C=CC=CC3O4)NC(c3ccccc3)=N2)c2ccccc12. The highest BCUT2D eigenvalue weighted by Gasteiger charge is 2.36. The molecule has 4 nitrogen and oxygen atoms in total. The van der Waals surface area contributed by atoms with E-state index in [2.05, 4.69) is 47.8 Å². The predicted octanol–water partition coefficient (Wildman–Crippen LogP) is 6.96. The molecule has 0 aromatic heterocycles. The number of aliphatic imine (C=N–C) groups is 2. The van der Waals surface area contributed by atoms with Crippen molar-refractivity contribution in [3.05, 3.63) is 137 Å². The highest BCUT2D eigenvalue weighted by atomic mass is 35.5. The smallest absolute Gasteiger partial charge is 0.160 e. The van der Waals surface area contributed by atoms with Crippen molar-refractivity contribution in [3.8, 4) is 5.75 Å². The molecule has 0 radical (unpaired) electrons. The molecule has 174 valence electrons. The van der Waals surface area contributed by atoms with Crippen molar-refractivity contribution in [2.24, 2.45) is 9.98 Å².